The molecule has 2 rings (SSSR count). The predicted octanol–water partition coefficient (Wildman–Crippen LogP) is 1.78. The van der Waals surface area contributed by atoms with E-state index >= 15 is 0 Å². The van der Waals surface area contributed by atoms with Crippen LogP contribution >= 0.6 is 0 Å². The molecular weight excluding hydrogens is 252 g/mol. The average molecular weight is 269 g/mol. The molecule has 19 heavy (non-hydrogen) atoms. The summed E-state index contributed by atoms with van der Waals surface area (Å²) in [5, 5.41) is 12.3. The fourth-order valence-corrected chi connectivity index (χ4v) is 2.23. The van der Waals surface area contributed by atoms with Crippen molar-refractivity contribution in [2.75, 3.05) is 0 Å². The van der Waals surface area contributed by atoms with E-state index in [1.807, 2.05) is 13.8 Å². The SMILES string of the molecule is CC1(C)C(O)CC1NC(=O)Cc1ccc(F)cc1F. The first-order valence-corrected chi connectivity index (χ1v) is 6.22. The molecule has 1 aliphatic rings. The lowest BCUT2D eigenvalue weighted by atomic mass is 9.64. The maximum atomic E-state index is 13.4. The van der Waals surface area contributed by atoms with Crippen LogP contribution in [0.25, 0.3) is 0 Å². The van der Waals surface area contributed by atoms with Crippen LogP contribution in [-0.4, -0.2) is 23.2 Å². The van der Waals surface area contributed by atoms with Crippen molar-refractivity contribution in [3.63, 3.8) is 0 Å². The van der Waals surface area contributed by atoms with E-state index in [1.54, 1.807) is 0 Å². The van der Waals surface area contributed by atoms with Gasteiger partial charge >= 0.3 is 0 Å². The molecular formula is C14H17F2NO2. The van der Waals surface area contributed by atoms with E-state index in [4.69, 9.17) is 0 Å². The minimum absolute atomic E-state index is 0.112. The van der Waals surface area contributed by atoms with Gasteiger partial charge in [0.15, 0.2) is 0 Å². The van der Waals surface area contributed by atoms with Gasteiger partial charge in [0.1, 0.15) is 11.6 Å². The van der Waals surface area contributed by atoms with Gasteiger partial charge < -0.3 is 10.4 Å². The van der Waals surface area contributed by atoms with E-state index in [0.717, 1.165) is 12.1 Å². The van der Waals surface area contributed by atoms with E-state index in [1.165, 1.54) is 6.07 Å². The number of aliphatic hydroxyl groups excluding tert-OH is 1. The summed E-state index contributed by atoms with van der Waals surface area (Å²) < 4.78 is 26.1. The van der Waals surface area contributed by atoms with Gasteiger partial charge in [0.25, 0.3) is 0 Å². The largest absolute Gasteiger partial charge is 0.392 e. The second kappa shape index (κ2) is 4.89. The third-order valence-electron chi connectivity index (χ3n) is 3.92. The number of carbonyl (C=O) groups excluding carboxylic acids is 1. The normalized spacial score (nSPS) is 24.7. The molecule has 104 valence electrons. The van der Waals surface area contributed by atoms with Crippen LogP contribution < -0.4 is 5.32 Å². The van der Waals surface area contributed by atoms with Crippen LogP contribution in [0.1, 0.15) is 25.8 Å². The Balaban J connectivity index is 1.95. The van der Waals surface area contributed by atoms with E-state index in [0.29, 0.717) is 6.42 Å². The molecule has 1 aromatic carbocycles. The van der Waals surface area contributed by atoms with Gasteiger partial charge in [0.05, 0.1) is 12.5 Å². The zero-order valence-electron chi connectivity index (χ0n) is 10.9. The maximum absolute atomic E-state index is 13.4. The molecule has 0 saturated heterocycles. The van der Waals surface area contributed by atoms with Crippen molar-refractivity contribution in [1.29, 1.82) is 0 Å². The molecule has 1 aliphatic carbocycles. The van der Waals surface area contributed by atoms with Crippen molar-refractivity contribution in [3.05, 3.63) is 35.4 Å². The lowest BCUT2D eigenvalue weighted by Crippen LogP contribution is -2.61. The van der Waals surface area contributed by atoms with Gasteiger partial charge in [0, 0.05) is 17.5 Å². The summed E-state index contributed by atoms with van der Waals surface area (Å²) in [5.41, 5.74) is -0.201. The highest BCUT2D eigenvalue weighted by atomic mass is 19.1. The summed E-state index contributed by atoms with van der Waals surface area (Å²) >= 11 is 0. The van der Waals surface area contributed by atoms with Crippen LogP contribution in [0.4, 0.5) is 8.78 Å². The number of rotatable bonds is 3. The number of amides is 1. The standard InChI is InChI=1S/C14H17F2NO2/c1-14(2)11(7-12(14)18)17-13(19)5-8-3-4-9(15)6-10(8)16/h3-4,6,11-12,18H,5,7H2,1-2H3,(H,17,19). The Morgan fingerprint density at radius 2 is 2.16 bits per heavy atom. The van der Waals surface area contributed by atoms with Crippen LogP contribution in [0.3, 0.4) is 0 Å². The topological polar surface area (TPSA) is 49.3 Å². The number of carbonyl (C=O) groups is 1. The Labute approximate surface area is 110 Å². The number of hydrogen-bond donors (Lipinski definition) is 2. The van der Waals surface area contributed by atoms with Crippen molar-refractivity contribution in [2.45, 2.75) is 38.8 Å². The van der Waals surface area contributed by atoms with Crippen molar-refractivity contribution in [1.82, 2.24) is 5.32 Å². The molecule has 3 nitrogen and oxygen atoms in total. The third-order valence-corrected chi connectivity index (χ3v) is 3.92. The van der Waals surface area contributed by atoms with Gasteiger partial charge in [-0.05, 0) is 18.1 Å². The molecule has 0 heterocycles. The molecule has 1 aromatic rings. The fourth-order valence-electron chi connectivity index (χ4n) is 2.23. The minimum Gasteiger partial charge on any atom is -0.392 e. The summed E-state index contributed by atoms with van der Waals surface area (Å²) in [6.45, 7) is 3.73. The first-order valence-electron chi connectivity index (χ1n) is 6.22. The Morgan fingerprint density at radius 1 is 1.47 bits per heavy atom. The molecule has 1 saturated carbocycles. The Hall–Kier alpha value is -1.49. The number of benzene rings is 1. The van der Waals surface area contributed by atoms with E-state index in [-0.39, 0.29) is 29.3 Å². The first-order chi connectivity index (χ1) is 8.80. The van der Waals surface area contributed by atoms with E-state index in [2.05, 4.69) is 5.32 Å². The number of hydrogen-bond acceptors (Lipinski definition) is 2. The number of nitrogens with one attached hydrogen (secondary N) is 1. The van der Waals surface area contributed by atoms with E-state index in [9.17, 15) is 18.7 Å². The van der Waals surface area contributed by atoms with Crippen LogP contribution in [-0.2, 0) is 11.2 Å². The van der Waals surface area contributed by atoms with Gasteiger partial charge in [-0.25, -0.2) is 8.78 Å². The third kappa shape index (κ3) is 2.76. The highest BCUT2D eigenvalue weighted by Gasteiger charge is 2.47. The van der Waals surface area contributed by atoms with Gasteiger partial charge in [-0.15, -0.1) is 0 Å². The van der Waals surface area contributed by atoms with Crippen LogP contribution in [0.5, 0.6) is 0 Å². The quantitative estimate of drug-likeness (QED) is 0.879. The summed E-state index contributed by atoms with van der Waals surface area (Å²) in [5.74, 6) is -1.71. The monoisotopic (exact) mass is 269 g/mol. The molecule has 1 amide bonds. The lowest BCUT2D eigenvalue weighted by Gasteiger charge is -2.49. The zero-order chi connectivity index (χ0) is 14.2. The number of halogens is 2. The molecule has 5 heteroatoms. The fraction of sp³-hybridized carbons (Fsp3) is 0.500. The molecule has 2 atom stereocenters. The van der Waals surface area contributed by atoms with Gasteiger partial charge in [-0.1, -0.05) is 19.9 Å². The maximum Gasteiger partial charge on any atom is 0.224 e. The smallest absolute Gasteiger partial charge is 0.224 e. The highest BCUT2D eigenvalue weighted by molar-refractivity contribution is 5.79. The molecule has 0 radical (unpaired) electrons. The molecule has 0 aromatic heterocycles. The van der Waals surface area contributed by atoms with Crippen molar-refractivity contribution in [3.8, 4) is 0 Å². The van der Waals surface area contributed by atoms with Crippen molar-refractivity contribution in [2.24, 2.45) is 5.41 Å². The molecule has 0 spiro atoms. The molecule has 1 fully saturated rings. The average Bonchev–Trinajstić information content (AvgIpc) is 2.32. The number of aliphatic hydroxyl groups is 1. The van der Waals surface area contributed by atoms with Crippen LogP contribution in [0.15, 0.2) is 18.2 Å². The zero-order valence-corrected chi connectivity index (χ0v) is 10.9. The Bertz CT molecular complexity index is 502. The summed E-state index contributed by atoms with van der Waals surface area (Å²) in [6.07, 6.45) is -0.0558. The van der Waals surface area contributed by atoms with Gasteiger partial charge in [0.2, 0.25) is 5.91 Å². The summed E-state index contributed by atoms with van der Waals surface area (Å²) in [7, 11) is 0. The molecule has 0 bridgehead atoms. The van der Waals surface area contributed by atoms with Gasteiger partial charge in [-0.2, -0.15) is 0 Å². The minimum atomic E-state index is -0.719. The summed E-state index contributed by atoms with van der Waals surface area (Å²) in [4.78, 5) is 11.8. The van der Waals surface area contributed by atoms with Gasteiger partial charge in [-0.3, -0.25) is 4.79 Å². The lowest BCUT2D eigenvalue weighted by molar-refractivity contribution is -0.128. The predicted molar refractivity (Wildman–Crippen MR) is 66.4 cm³/mol. The van der Waals surface area contributed by atoms with Crippen LogP contribution in [0.2, 0.25) is 0 Å². The second-order valence-corrected chi connectivity index (χ2v) is 5.61. The van der Waals surface area contributed by atoms with Crippen molar-refractivity contribution < 1.29 is 18.7 Å². The first kappa shape index (κ1) is 13.9. The second-order valence-electron chi connectivity index (χ2n) is 5.61. The van der Waals surface area contributed by atoms with E-state index < -0.39 is 17.7 Å². The molecule has 0 aliphatic heterocycles. The highest BCUT2D eigenvalue weighted by Crippen LogP contribution is 2.40. The molecule has 2 N–H and O–H groups in total. The Morgan fingerprint density at radius 3 is 2.68 bits per heavy atom. The van der Waals surface area contributed by atoms with Crippen molar-refractivity contribution >= 4 is 5.91 Å². The Kier molecular flexibility index (Phi) is 3.58. The summed E-state index contributed by atoms with van der Waals surface area (Å²) in [6, 6.07) is 3.05. The van der Waals surface area contributed by atoms with Crippen LogP contribution in [0, 0.1) is 17.0 Å². The molecule has 2 unspecified atom stereocenters.